The van der Waals surface area contributed by atoms with Crippen LogP contribution in [0, 0.1) is 0 Å². The fourth-order valence-corrected chi connectivity index (χ4v) is 2.23. The number of carbonyl (C=O) groups excluding carboxylic acids is 1. The van der Waals surface area contributed by atoms with Crippen LogP contribution in [0.5, 0.6) is 0 Å². The van der Waals surface area contributed by atoms with E-state index >= 15 is 0 Å². The number of nitrogens with one attached hydrogen (secondary N) is 1. The maximum atomic E-state index is 10.7. The first-order valence-corrected chi connectivity index (χ1v) is 5.69. The Morgan fingerprint density at radius 3 is 2.53 bits per heavy atom. The van der Waals surface area contributed by atoms with E-state index in [0.717, 1.165) is 25.7 Å². The highest BCUT2D eigenvalue weighted by atomic mass is 16.5. The van der Waals surface area contributed by atoms with Crippen LogP contribution >= 0.6 is 0 Å². The summed E-state index contributed by atoms with van der Waals surface area (Å²) in [7, 11) is 1.77. The maximum Gasteiger partial charge on any atom is 0.218 e. The number of methoxy groups -OCH3 is 1. The first-order valence-electron chi connectivity index (χ1n) is 5.69. The van der Waals surface area contributed by atoms with Crippen LogP contribution in [0.3, 0.4) is 0 Å². The molecule has 0 aliphatic heterocycles. The van der Waals surface area contributed by atoms with Gasteiger partial charge in [-0.2, -0.15) is 0 Å². The monoisotopic (exact) mass is 214 g/mol. The van der Waals surface area contributed by atoms with Gasteiger partial charge in [-0.05, 0) is 32.6 Å². The zero-order valence-electron chi connectivity index (χ0n) is 9.66. The lowest BCUT2D eigenvalue weighted by Gasteiger charge is -2.30. The van der Waals surface area contributed by atoms with Gasteiger partial charge < -0.3 is 15.8 Å². The van der Waals surface area contributed by atoms with E-state index in [-0.39, 0.29) is 11.9 Å². The van der Waals surface area contributed by atoms with Gasteiger partial charge in [-0.3, -0.25) is 4.79 Å². The molecule has 1 amide bonds. The Morgan fingerprint density at radius 1 is 1.47 bits per heavy atom. The SMILES string of the molecule is COC1CCC(NC(C)CC(N)=O)CC1. The van der Waals surface area contributed by atoms with E-state index in [4.69, 9.17) is 10.5 Å². The molecule has 1 unspecified atom stereocenters. The van der Waals surface area contributed by atoms with Crippen molar-refractivity contribution < 1.29 is 9.53 Å². The maximum absolute atomic E-state index is 10.7. The molecule has 1 aliphatic carbocycles. The predicted octanol–water partition coefficient (Wildman–Crippen LogP) is 0.797. The topological polar surface area (TPSA) is 64.3 Å². The number of hydrogen-bond acceptors (Lipinski definition) is 3. The van der Waals surface area contributed by atoms with E-state index in [1.807, 2.05) is 6.92 Å². The van der Waals surface area contributed by atoms with Crippen molar-refractivity contribution in [1.29, 1.82) is 0 Å². The van der Waals surface area contributed by atoms with Gasteiger partial charge in [0, 0.05) is 25.6 Å². The lowest BCUT2D eigenvalue weighted by atomic mass is 9.92. The molecule has 0 radical (unpaired) electrons. The fourth-order valence-electron chi connectivity index (χ4n) is 2.23. The lowest BCUT2D eigenvalue weighted by molar-refractivity contribution is -0.118. The molecule has 0 heterocycles. The van der Waals surface area contributed by atoms with Gasteiger partial charge in [-0.25, -0.2) is 0 Å². The van der Waals surface area contributed by atoms with Gasteiger partial charge in [0.2, 0.25) is 5.91 Å². The molecule has 1 rings (SSSR count). The zero-order chi connectivity index (χ0) is 11.3. The summed E-state index contributed by atoms with van der Waals surface area (Å²) in [6, 6.07) is 0.706. The Balaban J connectivity index is 2.20. The normalized spacial score (nSPS) is 28.7. The van der Waals surface area contributed by atoms with Gasteiger partial charge in [0.05, 0.1) is 6.10 Å². The molecular formula is C11H22N2O2. The minimum atomic E-state index is -0.236. The van der Waals surface area contributed by atoms with Gasteiger partial charge in [-0.1, -0.05) is 0 Å². The fraction of sp³-hybridized carbons (Fsp3) is 0.909. The van der Waals surface area contributed by atoms with Crippen LogP contribution in [0.2, 0.25) is 0 Å². The molecule has 1 atom stereocenters. The Hall–Kier alpha value is -0.610. The molecule has 0 aromatic heterocycles. The predicted molar refractivity (Wildman–Crippen MR) is 59.5 cm³/mol. The smallest absolute Gasteiger partial charge is 0.218 e. The highest BCUT2D eigenvalue weighted by Crippen LogP contribution is 2.21. The Bertz CT molecular complexity index is 201. The Morgan fingerprint density at radius 2 is 2.07 bits per heavy atom. The summed E-state index contributed by atoms with van der Waals surface area (Å²) < 4.78 is 5.31. The average Bonchev–Trinajstić information content (AvgIpc) is 2.17. The van der Waals surface area contributed by atoms with Crippen molar-refractivity contribution in [2.24, 2.45) is 5.73 Å². The van der Waals surface area contributed by atoms with Gasteiger partial charge in [0.25, 0.3) is 0 Å². The molecule has 1 aliphatic rings. The van der Waals surface area contributed by atoms with Crippen molar-refractivity contribution in [1.82, 2.24) is 5.32 Å². The molecule has 1 saturated carbocycles. The number of amides is 1. The molecule has 3 N–H and O–H groups in total. The first-order chi connectivity index (χ1) is 7.11. The standard InChI is InChI=1S/C11H22N2O2/c1-8(7-11(12)14)13-9-3-5-10(15-2)6-4-9/h8-10,13H,3-7H2,1-2H3,(H2,12,14). The van der Waals surface area contributed by atoms with Crippen LogP contribution in [-0.2, 0) is 9.53 Å². The van der Waals surface area contributed by atoms with Crippen LogP contribution < -0.4 is 11.1 Å². The number of hydrogen-bond donors (Lipinski definition) is 2. The minimum Gasteiger partial charge on any atom is -0.381 e. The molecule has 4 heteroatoms. The molecule has 1 fully saturated rings. The highest BCUT2D eigenvalue weighted by molar-refractivity contribution is 5.74. The van der Waals surface area contributed by atoms with E-state index < -0.39 is 0 Å². The summed E-state index contributed by atoms with van der Waals surface area (Å²) in [5.74, 6) is -0.236. The summed E-state index contributed by atoms with van der Waals surface area (Å²) in [6.07, 6.45) is 5.32. The van der Waals surface area contributed by atoms with Gasteiger partial charge >= 0.3 is 0 Å². The quantitative estimate of drug-likeness (QED) is 0.711. The molecule has 0 bridgehead atoms. The second-order valence-corrected chi connectivity index (χ2v) is 4.45. The van der Waals surface area contributed by atoms with Crippen LogP contribution in [0.1, 0.15) is 39.0 Å². The Kier molecular flexibility index (Phi) is 5.05. The first kappa shape index (κ1) is 12.5. The van der Waals surface area contributed by atoms with Gasteiger partial charge in [0.1, 0.15) is 0 Å². The van der Waals surface area contributed by atoms with E-state index in [9.17, 15) is 4.79 Å². The number of rotatable bonds is 5. The summed E-state index contributed by atoms with van der Waals surface area (Å²) in [5.41, 5.74) is 5.14. The molecule has 15 heavy (non-hydrogen) atoms. The number of nitrogens with two attached hydrogens (primary N) is 1. The zero-order valence-corrected chi connectivity index (χ0v) is 9.66. The van der Waals surface area contributed by atoms with Crippen molar-refractivity contribution in [3.05, 3.63) is 0 Å². The molecular weight excluding hydrogens is 192 g/mol. The van der Waals surface area contributed by atoms with Crippen LogP contribution in [-0.4, -0.2) is 31.2 Å². The molecule has 88 valence electrons. The van der Waals surface area contributed by atoms with Crippen molar-refractivity contribution >= 4 is 5.91 Å². The third-order valence-electron chi connectivity index (χ3n) is 3.04. The van der Waals surface area contributed by atoms with Crippen LogP contribution in [0.15, 0.2) is 0 Å². The molecule has 0 spiro atoms. The average molecular weight is 214 g/mol. The Labute approximate surface area is 91.5 Å². The molecule has 0 aromatic rings. The molecule has 0 aromatic carbocycles. The largest absolute Gasteiger partial charge is 0.381 e. The van der Waals surface area contributed by atoms with Crippen LogP contribution in [0.25, 0.3) is 0 Å². The van der Waals surface area contributed by atoms with E-state index in [0.29, 0.717) is 18.6 Å². The van der Waals surface area contributed by atoms with E-state index in [1.165, 1.54) is 0 Å². The number of primary amides is 1. The summed E-state index contributed by atoms with van der Waals surface area (Å²) >= 11 is 0. The summed E-state index contributed by atoms with van der Waals surface area (Å²) in [4.78, 5) is 10.7. The van der Waals surface area contributed by atoms with Crippen molar-refractivity contribution in [2.45, 2.75) is 57.2 Å². The summed E-state index contributed by atoms with van der Waals surface area (Å²) in [6.45, 7) is 2.01. The van der Waals surface area contributed by atoms with Crippen molar-refractivity contribution in [3.63, 3.8) is 0 Å². The van der Waals surface area contributed by atoms with E-state index in [2.05, 4.69) is 5.32 Å². The van der Waals surface area contributed by atoms with Crippen molar-refractivity contribution in [3.8, 4) is 0 Å². The van der Waals surface area contributed by atoms with Crippen LogP contribution in [0.4, 0.5) is 0 Å². The van der Waals surface area contributed by atoms with Gasteiger partial charge in [0.15, 0.2) is 0 Å². The number of ether oxygens (including phenoxy) is 1. The lowest BCUT2D eigenvalue weighted by Crippen LogP contribution is -2.41. The highest BCUT2D eigenvalue weighted by Gasteiger charge is 2.21. The molecule has 0 saturated heterocycles. The third-order valence-corrected chi connectivity index (χ3v) is 3.04. The van der Waals surface area contributed by atoms with Crippen molar-refractivity contribution in [2.75, 3.05) is 7.11 Å². The third kappa shape index (κ3) is 4.62. The second-order valence-electron chi connectivity index (χ2n) is 4.45. The summed E-state index contributed by atoms with van der Waals surface area (Å²) in [5, 5.41) is 3.44. The second kappa shape index (κ2) is 6.08. The number of carbonyl (C=O) groups is 1. The molecule has 4 nitrogen and oxygen atoms in total. The minimum absolute atomic E-state index is 0.187. The van der Waals surface area contributed by atoms with E-state index in [1.54, 1.807) is 7.11 Å². The van der Waals surface area contributed by atoms with Gasteiger partial charge in [-0.15, -0.1) is 0 Å².